The third-order valence-corrected chi connectivity index (χ3v) is 16.1. The van der Waals surface area contributed by atoms with Gasteiger partial charge in [-0.25, -0.2) is 4.79 Å². The van der Waals surface area contributed by atoms with E-state index in [0.717, 1.165) is 85.3 Å². The Kier molecular flexibility index (Phi) is 17.9. The summed E-state index contributed by atoms with van der Waals surface area (Å²) in [4.78, 5) is 37.8. The van der Waals surface area contributed by atoms with Gasteiger partial charge in [0.2, 0.25) is 18.0 Å². The van der Waals surface area contributed by atoms with Gasteiger partial charge in [0.15, 0.2) is 0 Å². The lowest BCUT2D eigenvalue weighted by molar-refractivity contribution is -0.258. The Morgan fingerprint density at radius 2 is 1.66 bits per heavy atom. The molecule has 3 fully saturated rings. The predicted molar refractivity (Wildman–Crippen MR) is 285 cm³/mol. The molecular formula is C60H75N3O11. The Bertz CT molecular complexity index is 2620. The van der Waals surface area contributed by atoms with Crippen LogP contribution < -0.4 is 24.3 Å². The van der Waals surface area contributed by atoms with Gasteiger partial charge >= 0.3 is 6.09 Å². The van der Waals surface area contributed by atoms with Crippen molar-refractivity contribution in [3.05, 3.63) is 114 Å². The lowest BCUT2D eigenvalue weighted by atomic mass is 9.55. The van der Waals surface area contributed by atoms with Gasteiger partial charge in [-0.1, -0.05) is 98.3 Å². The molecule has 1 saturated heterocycles. The molecule has 9 rings (SSSR count). The van der Waals surface area contributed by atoms with Crippen LogP contribution in [-0.2, 0) is 25.7 Å². The second kappa shape index (κ2) is 25.1. The minimum atomic E-state index is -1.47. The number of ether oxygens (including phenoxy) is 6. The third kappa shape index (κ3) is 11.8. The van der Waals surface area contributed by atoms with Crippen LogP contribution in [0, 0.1) is 23.7 Å². The van der Waals surface area contributed by atoms with Crippen LogP contribution in [0.4, 0.5) is 10.5 Å². The number of aliphatic hydroxyl groups is 2. The van der Waals surface area contributed by atoms with E-state index in [1.807, 2.05) is 29.2 Å². The van der Waals surface area contributed by atoms with Crippen LogP contribution in [-0.4, -0.2) is 91.6 Å². The van der Waals surface area contributed by atoms with Crippen LogP contribution in [0.2, 0.25) is 0 Å². The number of nitrogens with zero attached hydrogens (tertiary/aromatic N) is 2. The number of amides is 2. The highest BCUT2D eigenvalue weighted by molar-refractivity contribution is 6.03. The molecule has 2 heterocycles. The molecule has 0 radical (unpaired) electrons. The molecule has 0 bridgehead atoms. The van der Waals surface area contributed by atoms with Gasteiger partial charge in [0.05, 0.1) is 44.8 Å². The van der Waals surface area contributed by atoms with Crippen molar-refractivity contribution >= 4 is 34.2 Å². The van der Waals surface area contributed by atoms with Gasteiger partial charge in [0.25, 0.3) is 0 Å². The fourth-order valence-electron chi connectivity index (χ4n) is 12.5. The highest BCUT2D eigenvalue weighted by Crippen LogP contribution is 2.62. The first-order valence-electron chi connectivity index (χ1n) is 27.1. The van der Waals surface area contributed by atoms with Crippen molar-refractivity contribution in [2.75, 3.05) is 46.0 Å². The minimum absolute atomic E-state index is 0.00228. The van der Waals surface area contributed by atoms with E-state index < -0.39 is 30.1 Å². The number of carbonyl (C=O) groups excluding carboxylic acids is 2. The zero-order chi connectivity index (χ0) is 51.4. The summed E-state index contributed by atoms with van der Waals surface area (Å²) in [6.45, 7) is 5.28. The lowest BCUT2D eigenvalue weighted by Crippen LogP contribution is -2.70. The van der Waals surface area contributed by atoms with E-state index >= 15 is 4.79 Å². The van der Waals surface area contributed by atoms with Crippen LogP contribution in [0.5, 0.6) is 23.0 Å². The van der Waals surface area contributed by atoms with Gasteiger partial charge in [-0.2, -0.15) is 0 Å². The number of fused-ring (bicyclic) bond motifs is 3. The summed E-state index contributed by atoms with van der Waals surface area (Å²) in [7, 11) is 3.08. The highest BCUT2D eigenvalue weighted by Gasteiger charge is 2.65. The fraction of sp³-hybridized carbons (Fsp3) is 0.517. The average molecular weight is 1010 g/mol. The minimum Gasteiger partial charge on any atom is -0.497 e. The lowest BCUT2D eigenvalue weighted by Gasteiger charge is -2.60. The quantitative estimate of drug-likeness (QED) is 0.0368. The molecule has 74 heavy (non-hydrogen) atoms. The molecule has 396 valence electrons. The van der Waals surface area contributed by atoms with E-state index in [-0.39, 0.29) is 49.9 Å². The first kappa shape index (κ1) is 52.9. The fourth-order valence-corrected chi connectivity index (χ4v) is 12.5. The summed E-state index contributed by atoms with van der Waals surface area (Å²) in [5, 5.41) is 30.3. The number of benzene rings is 4. The normalized spacial score (nSPS) is 24.8. The number of hydrogen-bond acceptors (Lipinski definition) is 12. The van der Waals surface area contributed by atoms with Crippen LogP contribution in [0.3, 0.4) is 0 Å². The van der Waals surface area contributed by atoms with E-state index in [1.54, 1.807) is 37.5 Å². The smallest absolute Gasteiger partial charge is 0.417 e. The van der Waals surface area contributed by atoms with Gasteiger partial charge in [-0.15, -0.1) is 6.58 Å². The number of hydrogen-bond donors (Lipinski definition) is 3. The van der Waals surface area contributed by atoms with Crippen LogP contribution >= 0.6 is 0 Å². The van der Waals surface area contributed by atoms with Crippen molar-refractivity contribution in [1.82, 2.24) is 4.90 Å². The summed E-state index contributed by atoms with van der Waals surface area (Å²) in [6.07, 6.45) is 15.9. The van der Waals surface area contributed by atoms with E-state index in [1.165, 1.54) is 20.0 Å². The number of rotatable bonds is 23. The molecule has 14 heteroatoms. The van der Waals surface area contributed by atoms with Gasteiger partial charge < -0.3 is 48.4 Å². The number of aliphatic hydroxyl groups excluding tert-OH is 2. The zero-order valence-corrected chi connectivity index (χ0v) is 43.2. The van der Waals surface area contributed by atoms with Crippen molar-refractivity contribution < 1.29 is 53.1 Å². The van der Waals surface area contributed by atoms with E-state index in [4.69, 9.17) is 38.4 Å². The molecule has 4 aromatic rings. The van der Waals surface area contributed by atoms with Crippen molar-refractivity contribution in [1.29, 1.82) is 0 Å². The Hall–Kier alpha value is -5.93. The zero-order valence-electron chi connectivity index (χ0n) is 43.2. The SMILES string of the molecule is C=CCOC12Oc3ccc(OC(=O)Nc4ccc(OC)cc4OC)cc3C3C(CCCCO)C(CCCCO)C=C(C(=NOC4CCCCO4)CC1N(Cc1cccc4ccccc14)C(=O)CCC1CCCC1)C32. The maximum atomic E-state index is 15.6. The molecular weight excluding hydrogens is 939 g/mol. The molecule has 3 N–H and O–H groups in total. The molecule has 4 aromatic carbocycles. The summed E-state index contributed by atoms with van der Waals surface area (Å²) in [5.41, 5.74) is 3.88. The molecule has 2 saturated carbocycles. The van der Waals surface area contributed by atoms with E-state index in [9.17, 15) is 15.0 Å². The number of carbonyl (C=O) groups is 2. The summed E-state index contributed by atoms with van der Waals surface area (Å²) < 4.78 is 38.1. The van der Waals surface area contributed by atoms with Crippen molar-refractivity contribution in [3.8, 4) is 23.0 Å². The molecule has 0 spiro atoms. The van der Waals surface area contributed by atoms with Crippen molar-refractivity contribution in [3.63, 3.8) is 0 Å². The van der Waals surface area contributed by atoms with Gasteiger partial charge in [0.1, 0.15) is 29.0 Å². The summed E-state index contributed by atoms with van der Waals surface area (Å²) >= 11 is 0. The number of unbranched alkanes of at least 4 members (excludes halogenated alkanes) is 2. The second-order valence-electron chi connectivity index (χ2n) is 20.6. The Balaban J connectivity index is 1.21. The second-order valence-corrected chi connectivity index (χ2v) is 20.6. The van der Waals surface area contributed by atoms with Crippen molar-refractivity contribution in [2.45, 2.75) is 133 Å². The maximum Gasteiger partial charge on any atom is 0.417 e. The number of anilines is 1. The molecule has 7 atom stereocenters. The molecule has 7 unspecified atom stereocenters. The summed E-state index contributed by atoms with van der Waals surface area (Å²) in [6, 6.07) is 24.5. The number of methoxy groups -OCH3 is 2. The maximum absolute atomic E-state index is 15.6. The molecule has 5 aliphatic rings. The van der Waals surface area contributed by atoms with Crippen LogP contribution in [0.25, 0.3) is 10.8 Å². The molecule has 2 aliphatic heterocycles. The Morgan fingerprint density at radius 3 is 2.43 bits per heavy atom. The molecule has 14 nitrogen and oxygen atoms in total. The van der Waals surface area contributed by atoms with Gasteiger partial charge in [0, 0.05) is 56.6 Å². The van der Waals surface area contributed by atoms with Gasteiger partial charge in [-0.05, 0) is 115 Å². The topological polar surface area (TPSA) is 167 Å². The summed E-state index contributed by atoms with van der Waals surface area (Å²) in [5.74, 6) is -0.0381. The molecule has 3 aliphatic carbocycles. The van der Waals surface area contributed by atoms with E-state index in [2.05, 4.69) is 48.3 Å². The average Bonchev–Trinajstić information content (AvgIpc) is 3.96. The van der Waals surface area contributed by atoms with E-state index in [0.29, 0.717) is 79.1 Å². The first-order valence-corrected chi connectivity index (χ1v) is 27.1. The standard InChI is InChI=1S/C60H75N3O11/c1-4-33-71-60-54(63(55(66)30-25-40-16-5-6-17-40)39-43-21-15-20-41-18-7-8-22-46(41)43)38-51(62-74-56-24-11-14-34-70-56)48-35-42(19-9-12-31-64)47(23-10-13-32-65)57(58(48)60)49-36-45(27-29-52(49)73-60)72-59(67)61-50-28-26-44(68-2)37-53(50)69-3/h4,7-8,15,18,20-22,26-29,35-37,40,42,47,54,56-58,64-65H,1,5-6,9-14,16-17,19,23-25,30-34,38-39H2,2-3H3,(H,61,67). The predicted octanol–water partition coefficient (Wildman–Crippen LogP) is 11.6. The number of oxime groups is 1. The first-order chi connectivity index (χ1) is 36.3. The Labute approximate surface area is 436 Å². The highest BCUT2D eigenvalue weighted by atomic mass is 16.8. The largest absolute Gasteiger partial charge is 0.497 e. The van der Waals surface area contributed by atoms with Crippen molar-refractivity contribution in [2.24, 2.45) is 28.8 Å². The monoisotopic (exact) mass is 1010 g/mol. The number of nitrogens with one attached hydrogen (secondary N) is 1. The Morgan fingerprint density at radius 1 is 0.878 bits per heavy atom. The van der Waals surface area contributed by atoms with Crippen LogP contribution in [0.1, 0.15) is 120 Å². The van der Waals surface area contributed by atoms with Crippen LogP contribution in [0.15, 0.2) is 108 Å². The number of allylic oxidation sites excluding steroid dienone is 1. The van der Waals surface area contributed by atoms with Gasteiger partial charge in [-0.3, -0.25) is 10.1 Å². The molecule has 0 aromatic heterocycles. The third-order valence-electron chi connectivity index (χ3n) is 16.1. The molecule has 2 amide bonds.